The Bertz CT molecular complexity index is 809. The molecule has 3 N–H and O–H groups in total. The van der Waals surface area contributed by atoms with Crippen LogP contribution in [0.5, 0.6) is 0 Å². The third kappa shape index (κ3) is 4.74. The van der Waals surface area contributed by atoms with Gasteiger partial charge in [-0.3, -0.25) is 19.3 Å². The van der Waals surface area contributed by atoms with E-state index in [0.29, 0.717) is 39.3 Å². The first-order valence-electron chi connectivity index (χ1n) is 12.9. The molecule has 10 nitrogen and oxygen atoms in total. The van der Waals surface area contributed by atoms with E-state index in [4.69, 9.17) is 9.47 Å². The molecule has 0 radical (unpaired) electrons. The molecule has 0 aromatic carbocycles. The first kappa shape index (κ1) is 26.8. The van der Waals surface area contributed by atoms with Crippen LogP contribution in [0.4, 0.5) is 0 Å². The number of nitrogens with one attached hydrogen (secondary N) is 2. The Kier molecular flexibility index (Phi) is 8.42. The van der Waals surface area contributed by atoms with Gasteiger partial charge in [-0.05, 0) is 18.8 Å². The number of aliphatic hydroxyl groups is 1. The van der Waals surface area contributed by atoms with Crippen LogP contribution >= 0.6 is 15.9 Å². The zero-order chi connectivity index (χ0) is 25.3. The van der Waals surface area contributed by atoms with Gasteiger partial charge in [0.2, 0.25) is 17.7 Å². The molecule has 1 spiro atoms. The largest absolute Gasteiger partial charge is 0.394 e. The number of hydrogen-bond donors (Lipinski definition) is 3. The third-order valence-corrected chi connectivity index (χ3v) is 8.82. The van der Waals surface area contributed by atoms with Crippen molar-refractivity contribution in [1.29, 1.82) is 0 Å². The summed E-state index contributed by atoms with van der Waals surface area (Å²) in [5, 5.41) is 16.2. The van der Waals surface area contributed by atoms with E-state index in [9.17, 15) is 19.5 Å². The Labute approximate surface area is 215 Å². The number of nitrogens with zero attached hydrogens (tertiary/aromatic N) is 2. The average molecular weight is 560 g/mol. The smallest absolute Gasteiger partial charge is 0.245 e. The van der Waals surface area contributed by atoms with Gasteiger partial charge in [-0.2, -0.15) is 0 Å². The number of hydrogen-bond acceptors (Lipinski definition) is 7. The van der Waals surface area contributed by atoms with E-state index in [1.54, 1.807) is 0 Å². The molecule has 4 aliphatic rings. The molecule has 7 atom stereocenters. The molecule has 0 saturated carbocycles. The second kappa shape index (κ2) is 11.0. The standard InChI is InChI=1S/C24H39BrN4O6/c1-4-5-26-21(31)17-18-23(33)29(16(13-30)14(2)3)20(24(18)12-15(25)19(17)35-24)22(32)27-6-7-28-8-10-34-11-9-28/h14-20,30H,4-13H2,1-3H3,(H,26,31)(H,27,32)/t15?,16-,17+,18-,19+,20?,24?/m0/s1. The summed E-state index contributed by atoms with van der Waals surface area (Å²) >= 11 is 3.67. The van der Waals surface area contributed by atoms with Gasteiger partial charge in [0.15, 0.2) is 0 Å². The number of carbonyl (C=O) groups excluding carboxylic acids is 3. The van der Waals surface area contributed by atoms with Crippen LogP contribution in [0.15, 0.2) is 0 Å². The monoisotopic (exact) mass is 558 g/mol. The van der Waals surface area contributed by atoms with Crippen LogP contribution in [0, 0.1) is 17.8 Å². The molecular weight excluding hydrogens is 520 g/mol. The molecule has 3 amide bonds. The van der Waals surface area contributed by atoms with E-state index >= 15 is 0 Å². The first-order chi connectivity index (χ1) is 16.8. The topological polar surface area (TPSA) is 120 Å². The Hall–Kier alpha value is -1.27. The number of halogens is 1. The lowest BCUT2D eigenvalue weighted by Crippen LogP contribution is -2.59. The van der Waals surface area contributed by atoms with E-state index in [1.807, 2.05) is 20.8 Å². The minimum absolute atomic E-state index is 0.0767. The van der Waals surface area contributed by atoms with Crippen molar-refractivity contribution in [2.24, 2.45) is 17.8 Å². The summed E-state index contributed by atoms with van der Waals surface area (Å²) in [6, 6.07) is -1.45. The van der Waals surface area contributed by atoms with Gasteiger partial charge in [0, 0.05) is 37.6 Å². The lowest BCUT2D eigenvalue weighted by molar-refractivity contribution is -0.146. The molecule has 4 fully saturated rings. The maximum atomic E-state index is 13.9. The normalized spacial score (nSPS) is 35.4. The van der Waals surface area contributed by atoms with Gasteiger partial charge < -0.3 is 30.1 Å². The molecule has 198 valence electrons. The van der Waals surface area contributed by atoms with Crippen molar-refractivity contribution in [3.8, 4) is 0 Å². The molecular formula is C24H39BrN4O6. The zero-order valence-corrected chi connectivity index (χ0v) is 22.5. The van der Waals surface area contributed by atoms with Crippen molar-refractivity contribution in [2.45, 2.75) is 62.2 Å². The average Bonchev–Trinajstić information content (AvgIpc) is 3.42. The number of ether oxygens (including phenoxy) is 2. The SMILES string of the molecule is CCCNC(=O)[C@H]1[C@@H]2OC3(CC2Br)C(C(=O)NCCN2CCOCC2)N([C@@H](CO)C(C)C)C(=O)[C@H]13. The van der Waals surface area contributed by atoms with E-state index in [2.05, 4.69) is 31.5 Å². The Morgan fingerprint density at radius 2 is 1.89 bits per heavy atom. The number of fused-ring (bicyclic) bond motifs is 1. The van der Waals surface area contributed by atoms with Crippen molar-refractivity contribution in [1.82, 2.24) is 20.4 Å². The summed E-state index contributed by atoms with van der Waals surface area (Å²) < 4.78 is 11.9. The van der Waals surface area contributed by atoms with Gasteiger partial charge in [0.25, 0.3) is 0 Å². The van der Waals surface area contributed by atoms with Crippen molar-refractivity contribution in [3.05, 3.63) is 0 Å². The number of morpholine rings is 1. The lowest BCUT2D eigenvalue weighted by atomic mass is 9.70. The summed E-state index contributed by atoms with van der Waals surface area (Å²) in [4.78, 5) is 44.5. The third-order valence-electron chi connectivity index (χ3n) is 7.97. The van der Waals surface area contributed by atoms with Crippen molar-refractivity contribution in [3.63, 3.8) is 0 Å². The molecule has 4 aliphatic heterocycles. The molecule has 35 heavy (non-hydrogen) atoms. The fraction of sp³-hybridized carbons (Fsp3) is 0.875. The minimum atomic E-state index is -1.10. The first-order valence-corrected chi connectivity index (χ1v) is 13.8. The van der Waals surface area contributed by atoms with E-state index in [0.717, 1.165) is 19.5 Å². The molecule has 3 unspecified atom stereocenters. The number of alkyl halides is 1. The summed E-state index contributed by atoms with van der Waals surface area (Å²) in [5.41, 5.74) is -1.10. The van der Waals surface area contributed by atoms with Crippen molar-refractivity contribution < 1.29 is 29.0 Å². The summed E-state index contributed by atoms with van der Waals surface area (Å²) in [6.07, 6.45) is 0.768. The van der Waals surface area contributed by atoms with Crippen LogP contribution < -0.4 is 10.6 Å². The number of aliphatic hydroxyl groups excluding tert-OH is 1. The second-order valence-corrected chi connectivity index (χ2v) is 11.6. The molecule has 0 aromatic heterocycles. The van der Waals surface area contributed by atoms with Crippen LogP contribution in [0.25, 0.3) is 0 Å². The summed E-state index contributed by atoms with van der Waals surface area (Å²) in [5.74, 6) is -2.27. The van der Waals surface area contributed by atoms with Gasteiger partial charge in [-0.15, -0.1) is 0 Å². The van der Waals surface area contributed by atoms with Gasteiger partial charge in [0.05, 0.1) is 43.8 Å². The Balaban J connectivity index is 1.61. The Morgan fingerprint density at radius 3 is 2.51 bits per heavy atom. The molecule has 11 heteroatoms. The lowest BCUT2D eigenvalue weighted by Gasteiger charge is -2.38. The minimum Gasteiger partial charge on any atom is -0.394 e. The van der Waals surface area contributed by atoms with Crippen molar-refractivity contribution >= 4 is 33.7 Å². The van der Waals surface area contributed by atoms with Gasteiger partial charge in [-0.25, -0.2) is 0 Å². The maximum Gasteiger partial charge on any atom is 0.245 e. The van der Waals surface area contributed by atoms with Crippen LogP contribution in [0.1, 0.15) is 33.6 Å². The predicted octanol–water partition coefficient (Wildman–Crippen LogP) is -0.274. The van der Waals surface area contributed by atoms with E-state index in [-0.39, 0.29) is 35.1 Å². The highest BCUT2D eigenvalue weighted by Crippen LogP contribution is 2.60. The van der Waals surface area contributed by atoms with Crippen LogP contribution in [-0.4, -0.2) is 114 Å². The quantitative estimate of drug-likeness (QED) is 0.315. The second-order valence-electron chi connectivity index (χ2n) is 10.4. The number of rotatable bonds is 10. The fourth-order valence-corrected chi connectivity index (χ4v) is 7.21. The van der Waals surface area contributed by atoms with Gasteiger partial charge in [-0.1, -0.05) is 36.7 Å². The molecule has 0 aliphatic carbocycles. The van der Waals surface area contributed by atoms with E-state index < -0.39 is 35.6 Å². The van der Waals surface area contributed by atoms with Crippen molar-refractivity contribution in [2.75, 3.05) is 52.5 Å². The molecule has 2 bridgehead atoms. The zero-order valence-electron chi connectivity index (χ0n) is 20.9. The maximum absolute atomic E-state index is 13.9. The number of amides is 3. The highest BCUT2D eigenvalue weighted by atomic mass is 79.9. The highest BCUT2D eigenvalue weighted by Gasteiger charge is 2.77. The summed E-state index contributed by atoms with van der Waals surface area (Å²) in [6.45, 7) is 10.2. The van der Waals surface area contributed by atoms with Crippen LogP contribution in [0.3, 0.4) is 0 Å². The number of likely N-dealkylation sites (tertiary alicyclic amines) is 1. The van der Waals surface area contributed by atoms with E-state index in [1.165, 1.54) is 4.90 Å². The van der Waals surface area contributed by atoms with Gasteiger partial charge >= 0.3 is 0 Å². The molecule has 4 saturated heterocycles. The number of carbonyl (C=O) groups is 3. The van der Waals surface area contributed by atoms with Crippen LogP contribution in [0.2, 0.25) is 0 Å². The molecule has 0 aromatic rings. The Morgan fingerprint density at radius 1 is 1.20 bits per heavy atom. The fourth-order valence-electron chi connectivity index (χ4n) is 6.27. The van der Waals surface area contributed by atoms with Crippen LogP contribution in [-0.2, 0) is 23.9 Å². The molecule has 4 rings (SSSR count). The molecule has 4 heterocycles. The van der Waals surface area contributed by atoms with Gasteiger partial charge in [0.1, 0.15) is 11.6 Å². The highest BCUT2D eigenvalue weighted by molar-refractivity contribution is 9.09. The predicted molar refractivity (Wildman–Crippen MR) is 132 cm³/mol. The summed E-state index contributed by atoms with van der Waals surface area (Å²) in [7, 11) is 0.